The third-order valence-corrected chi connectivity index (χ3v) is 6.09. The van der Waals surface area contributed by atoms with Crippen LogP contribution in [-0.2, 0) is 11.2 Å². The van der Waals surface area contributed by atoms with Gasteiger partial charge < -0.3 is 25.8 Å². The normalized spacial score (nSPS) is 15.2. The summed E-state index contributed by atoms with van der Waals surface area (Å²) < 4.78 is 0. The first-order chi connectivity index (χ1) is 16.3. The molecular formula is C25H31N7O2. The predicted octanol–water partition coefficient (Wildman–Crippen LogP) is 1.39. The Morgan fingerprint density at radius 3 is 2.44 bits per heavy atom. The minimum absolute atomic E-state index is 0.165. The molecular weight excluding hydrogens is 430 g/mol. The SMILES string of the molecule is CN1CCN(c2nc(N)nc3cc(C(=O)N[C@@H](Cc4ccccc4)C(=O)N(C)C)ccc23)CC1. The lowest BCUT2D eigenvalue weighted by Crippen LogP contribution is -2.47. The highest BCUT2D eigenvalue weighted by Gasteiger charge is 2.24. The van der Waals surface area contributed by atoms with Gasteiger partial charge in [0.15, 0.2) is 0 Å². The number of rotatable bonds is 6. The quantitative estimate of drug-likeness (QED) is 0.571. The van der Waals surface area contributed by atoms with Crippen molar-refractivity contribution in [1.82, 2.24) is 25.1 Å². The van der Waals surface area contributed by atoms with Crippen molar-refractivity contribution in [2.45, 2.75) is 12.5 Å². The van der Waals surface area contributed by atoms with E-state index in [1.807, 2.05) is 36.4 Å². The molecule has 1 aliphatic heterocycles. The molecule has 1 saturated heterocycles. The minimum Gasteiger partial charge on any atom is -0.368 e. The summed E-state index contributed by atoms with van der Waals surface area (Å²) in [6.07, 6.45) is 0.403. The molecule has 2 aromatic carbocycles. The Kier molecular flexibility index (Phi) is 6.93. The summed E-state index contributed by atoms with van der Waals surface area (Å²) in [5, 5.41) is 3.75. The summed E-state index contributed by atoms with van der Waals surface area (Å²) in [5.74, 6) is 0.453. The average Bonchev–Trinajstić information content (AvgIpc) is 2.83. The molecule has 3 N–H and O–H groups in total. The number of fused-ring (bicyclic) bond motifs is 1. The van der Waals surface area contributed by atoms with Crippen LogP contribution in [0.15, 0.2) is 48.5 Å². The number of nitrogens with two attached hydrogens (primary N) is 1. The Labute approximate surface area is 199 Å². The third-order valence-electron chi connectivity index (χ3n) is 6.09. The number of carbonyl (C=O) groups is 2. The first kappa shape index (κ1) is 23.4. The van der Waals surface area contributed by atoms with Crippen molar-refractivity contribution in [2.75, 3.05) is 58.0 Å². The number of nitrogens with one attached hydrogen (secondary N) is 1. The van der Waals surface area contributed by atoms with Gasteiger partial charge >= 0.3 is 0 Å². The fourth-order valence-electron chi connectivity index (χ4n) is 4.13. The van der Waals surface area contributed by atoms with Gasteiger partial charge in [-0.05, 0) is 30.8 Å². The van der Waals surface area contributed by atoms with E-state index in [0.29, 0.717) is 17.5 Å². The number of likely N-dealkylation sites (N-methyl/N-ethyl adjacent to an activating group) is 2. The smallest absolute Gasteiger partial charge is 0.252 e. The molecule has 1 aromatic heterocycles. The number of benzene rings is 2. The standard InChI is InChI=1S/C25H31N7O2/c1-30(2)24(34)21(15-17-7-5-4-6-8-17)27-23(33)18-9-10-19-20(16-18)28-25(26)29-22(19)32-13-11-31(3)12-14-32/h4-10,16,21H,11-15H2,1-3H3,(H,27,33)(H2,26,28,29)/t21-/m0/s1. The predicted molar refractivity (Wildman–Crippen MR) is 134 cm³/mol. The van der Waals surface area contributed by atoms with Crippen molar-refractivity contribution in [2.24, 2.45) is 0 Å². The molecule has 0 saturated carbocycles. The highest BCUT2D eigenvalue weighted by atomic mass is 16.2. The van der Waals surface area contributed by atoms with Gasteiger partial charge in [-0.15, -0.1) is 0 Å². The van der Waals surface area contributed by atoms with Crippen LogP contribution in [0.5, 0.6) is 0 Å². The summed E-state index contributed by atoms with van der Waals surface area (Å²) in [7, 11) is 5.46. The fraction of sp³-hybridized carbons (Fsp3) is 0.360. The molecule has 9 heteroatoms. The second-order valence-electron chi connectivity index (χ2n) is 8.88. The number of hydrogen-bond donors (Lipinski definition) is 2. The number of anilines is 2. The highest BCUT2D eigenvalue weighted by molar-refractivity contribution is 6.01. The summed E-state index contributed by atoms with van der Waals surface area (Å²) in [5.41, 5.74) is 8.01. The van der Waals surface area contributed by atoms with E-state index >= 15 is 0 Å². The van der Waals surface area contributed by atoms with Crippen LogP contribution in [0.4, 0.5) is 11.8 Å². The number of amides is 2. The molecule has 2 heterocycles. The summed E-state index contributed by atoms with van der Waals surface area (Å²) in [4.78, 5) is 40.8. The third kappa shape index (κ3) is 5.26. The van der Waals surface area contributed by atoms with Crippen LogP contribution in [0.2, 0.25) is 0 Å². The van der Waals surface area contributed by atoms with E-state index < -0.39 is 6.04 Å². The van der Waals surface area contributed by atoms with E-state index in [1.54, 1.807) is 26.2 Å². The molecule has 1 atom stereocenters. The van der Waals surface area contributed by atoms with Crippen LogP contribution >= 0.6 is 0 Å². The molecule has 3 aromatic rings. The minimum atomic E-state index is -0.683. The Morgan fingerprint density at radius 2 is 1.76 bits per heavy atom. The first-order valence-electron chi connectivity index (χ1n) is 11.4. The van der Waals surface area contributed by atoms with E-state index in [4.69, 9.17) is 5.73 Å². The maximum absolute atomic E-state index is 13.2. The van der Waals surface area contributed by atoms with Gasteiger partial charge in [-0.2, -0.15) is 4.98 Å². The molecule has 0 bridgehead atoms. The maximum atomic E-state index is 13.2. The Balaban J connectivity index is 1.59. The lowest BCUT2D eigenvalue weighted by atomic mass is 10.0. The topological polar surface area (TPSA) is 108 Å². The average molecular weight is 462 g/mol. The molecule has 34 heavy (non-hydrogen) atoms. The van der Waals surface area contributed by atoms with E-state index in [0.717, 1.165) is 42.9 Å². The van der Waals surface area contributed by atoms with E-state index in [9.17, 15) is 9.59 Å². The molecule has 2 amide bonds. The molecule has 9 nitrogen and oxygen atoms in total. The Bertz CT molecular complexity index is 1170. The van der Waals surface area contributed by atoms with E-state index in [2.05, 4.69) is 32.1 Å². The number of carbonyl (C=O) groups excluding carboxylic acids is 2. The maximum Gasteiger partial charge on any atom is 0.252 e. The number of aromatic nitrogens is 2. The molecule has 0 spiro atoms. The van der Waals surface area contributed by atoms with Gasteiger partial charge in [0.1, 0.15) is 11.9 Å². The molecule has 1 aliphatic rings. The van der Waals surface area contributed by atoms with E-state index in [1.165, 1.54) is 4.90 Å². The van der Waals surface area contributed by atoms with Crippen molar-refractivity contribution in [1.29, 1.82) is 0 Å². The molecule has 0 radical (unpaired) electrons. The van der Waals surface area contributed by atoms with E-state index in [-0.39, 0.29) is 17.8 Å². The van der Waals surface area contributed by atoms with Crippen LogP contribution in [-0.4, -0.2) is 84.9 Å². The monoisotopic (exact) mass is 461 g/mol. The number of hydrogen-bond acceptors (Lipinski definition) is 7. The van der Waals surface area contributed by atoms with Crippen LogP contribution in [0, 0.1) is 0 Å². The fourth-order valence-corrected chi connectivity index (χ4v) is 4.13. The van der Waals surface area contributed by atoms with Crippen molar-refractivity contribution in [3.63, 3.8) is 0 Å². The zero-order chi connectivity index (χ0) is 24.2. The molecule has 0 aliphatic carbocycles. The molecule has 0 unspecified atom stereocenters. The van der Waals surface area contributed by atoms with Gasteiger partial charge in [0.05, 0.1) is 5.52 Å². The summed E-state index contributed by atoms with van der Waals surface area (Å²) in [6, 6.07) is 14.3. The zero-order valence-corrected chi connectivity index (χ0v) is 19.9. The second-order valence-corrected chi connectivity index (χ2v) is 8.88. The number of nitrogens with zero attached hydrogens (tertiary/aromatic N) is 5. The molecule has 1 fully saturated rings. The van der Waals surface area contributed by atoms with Gasteiger partial charge in [-0.1, -0.05) is 30.3 Å². The zero-order valence-electron chi connectivity index (χ0n) is 19.9. The van der Waals surface area contributed by atoms with Gasteiger partial charge in [0.2, 0.25) is 11.9 Å². The first-order valence-corrected chi connectivity index (χ1v) is 11.4. The van der Waals surface area contributed by atoms with Gasteiger partial charge in [0.25, 0.3) is 5.91 Å². The summed E-state index contributed by atoms with van der Waals surface area (Å²) in [6.45, 7) is 3.57. The van der Waals surface area contributed by atoms with Crippen LogP contribution in [0.25, 0.3) is 10.9 Å². The summed E-state index contributed by atoms with van der Waals surface area (Å²) >= 11 is 0. The largest absolute Gasteiger partial charge is 0.368 e. The Morgan fingerprint density at radius 1 is 1.06 bits per heavy atom. The number of piperazine rings is 1. The van der Waals surface area contributed by atoms with Crippen molar-refractivity contribution < 1.29 is 9.59 Å². The van der Waals surface area contributed by atoms with Crippen LogP contribution in [0.3, 0.4) is 0 Å². The Hall–Kier alpha value is -3.72. The molecule has 178 valence electrons. The van der Waals surface area contributed by atoms with Crippen molar-refractivity contribution in [3.8, 4) is 0 Å². The molecule has 4 rings (SSSR count). The lowest BCUT2D eigenvalue weighted by molar-refractivity contribution is -0.130. The second kappa shape index (κ2) is 10.0. The van der Waals surface area contributed by atoms with Crippen molar-refractivity contribution >= 4 is 34.5 Å². The highest BCUT2D eigenvalue weighted by Crippen LogP contribution is 2.26. The van der Waals surface area contributed by atoms with Crippen LogP contribution in [0.1, 0.15) is 15.9 Å². The number of nitrogen functional groups attached to an aromatic ring is 1. The van der Waals surface area contributed by atoms with Gasteiger partial charge in [0, 0.05) is 57.6 Å². The van der Waals surface area contributed by atoms with Gasteiger partial charge in [-0.3, -0.25) is 9.59 Å². The lowest BCUT2D eigenvalue weighted by Gasteiger charge is -2.33. The van der Waals surface area contributed by atoms with Crippen LogP contribution < -0.4 is 16.0 Å². The van der Waals surface area contributed by atoms with Gasteiger partial charge in [-0.25, -0.2) is 4.98 Å². The van der Waals surface area contributed by atoms with Crippen molar-refractivity contribution in [3.05, 3.63) is 59.7 Å².